The van der Waals surface area contributed by atoms with Crippen molar-refractivity contribution < 1.29 is 15.3 Å². The highest BCUT2D eigenvalue weighted by Crippen LogP contribution is 2.26. The number of benzene rings is 1. The van der Waals surface area contributed by atoms with Gasteiger partial charge in [0.2, 0.25) is 0 Å². The van der Waals surface area contributed by atoms with Gasteiger partial charge in [-0.05, 0) is 35.9 Å². The van der Waals surface area contributed by atoms with Crippen molar-refractivity contribution in [3.63, 3.8) is 0 Å². The Hall–Kier alpha value is -2.20. The van der Waals surface area contributed by atoms with E-state index in [9.17, 15) is 15.3 Å². The number of phenolic OH excluding ortho intramolecular Hbond substituents is 2. The molecule has 5 N–H and O–H groups in total. The summed E-state index contributed by atoms with van der Waals surface area (Å²) in [6, 6.07) is 3.61. The number of aromatic hydroxyl groups is 2. The van der Waals surface area contributed by atoms with Crippen molar-refractivity contribution in [3.8, 4) is 11.5 Å². The number of aliphatic hydroxyl groups excluding tert-OH is 1. The molecule has 2 rings (SSSR count). The minimum Gasteiger partial charge on any atom is -0.510 e. The third kappa shape index (κ3) is 2.32. The van der Waals surface area contributed by atoms with Gasteiger partial charge in [0.25, 0.3) is 0 Å². The lowest BCUT2D eigenvalue weighted by Gasteiger charge is -2.15. The summed E-state index contributed by atoms with van der Waals surface area (Å²) in [4.78, 5) is 0. The zero-order valence-electron chi connectivity index (χ0n) is 9.04. The lowest BCUT2D eigenvalue weighted by Crippen LogP contribution is -2.25. The summed E-state index contributed by atoms with van der Waals surface area (Å²) in [6.45, 7) is 0. The molecule has 0 amide bonds. The Labute approximate surface area is 98.6 Å². The maximum absolute atomic E-state index is 9.62. The third-order valence-electron chi connectivity index (χ3n) is 2.57. The molecule has 0 heterocycles. The fourth-order valence-corrected chi connectivity index (χ4v) is 1.61. The SMILES string of the molecule is NC1C(O)=CC=CC1=Cc1cc(O)ccc1O. The van der Waals surface area contributed by atoms with Crippen LogP contribution in [0.25, 0.3) is 6.08 Å². The third-order valence-corrected chi connectivity index (χ3v) is 2.57. The summed E-state index contributed by atoms with van der Waals surface area (Å²) in [5.74, 6) is 0.172. The Morgan fingerprint density at radius 1 is 1.18 bits per heavy atom. The first-order valence-corrected chi connectivity index (χ1v) is 5.14. The largest absolute Gasteiger partial charge is 0.510 e. The van der Waals surface area contributed by atoms with E-state index in [2.05, 4.69) is 0 Å². The zero-order valence-corrected chi connectivity index (χ0v) is 9.04. The highest BCUT2D eigenvalue weighted by Gasteiger charge is 2.14. The highest BCUT2D eigenvalue weighted by atomic mass is 16.3. The summed E-state index contributed by atoms with van der Waals surface area (Å²) in [5.41, 5.74) is 6.89. The first kappa shape index (κ1) is 11.3. The Morgan fingerprint density at radius 3 is 2.71 bits per heavy atom. The standard InChI is InChI=1S/C13H13NO3/c14-13-8(2-1-3-12(13)17)6-9-7-10(15)4-5-11(9)16/h1-7,13,15-17H,14H2. The van der Waals surface area contributed by atoms with Gasteiger partial charge in [0.1, 0.15) is 17.3 Å². The molecule has 1 aliphatic carbocycles. The summed E-state index contributed by atoms with van der Waals surface area (Å²) in [6.07, 6.45) is 6.56. The summed E-state index contributed by atoms with van der Waals surface area (Å²) < 4.78 is 0. The second-order valence-electron chi connectivity index (χ2n) is 3.82. The number of allylic oxidation sites excluding steroid dienone is 2. The lowest BCUT2D eigenvalue weighted by molar-refractivity contribution is 0.380. The maximum Gasteiger partial charge on any atom is 0.123 e. The molecule has 0 bridgehead atoms. The second kappa shape index (κ2) is 4.35. The van der Waals surface area contributed by atoms with Gasteiger partial charge in [0.05, 0.1) is 6.04 Å². The van der Waals surface area contributed by atoms with Gasteiger partial charge < -0.3 is 21.1 Å². The van der Waals surface area contributed by atoms with Crippen LogP contribution in [0, 0.1) is 0 Å². The molecule has 88 valence electrons. The van der Waals surface area contributed by atoms with E-state index in [1.54, 1.807) is 18.2 Å². The van der Waals surface area contributed by atoms with Crippen LogP contribution in [-0.4, -0.2) is 21.4 Å². The van der Waals surface area contributed by atoms with Gasteiger partial charge in [-0.3, -0.25) is 0 Å². The fraction of sp³-hybridized carbons (Fsp3) is 0.0769. The number of nitrogens with two attached hydrogens (primary N) is 1. The van der Waals surface area contributed by atoms with Crippen molar-refractivity contribution in [2.75, 3.05) is 0 Å². The molecule has 0 saturated heterocycles. The molecule has 4 heteroatoms. The fourth-order valence-electron chi connectivity index (χ4n) is 1.61. The van der Waals surface area contributed by atoms with Crippen LogP contribution < -0.4 is 5.73 Å². The Morgan fingerprint density at radius 2 is 1.94 bits per heavy atom. The number of hydrogen-bond donors (Lipinski definition) is 4. The van der Waals surface area contributed by atoms with Crippen LogP contribution in [0.1, 0.15) is 5.56 Å². The average molecular weight is 231 g/mol. The van der Waals surface area contributed by atoms with E-state index in [0.29, 0.717) is 11.1 Å². The van der Waals surface area contributed by atoms with Crippen molar-refractivity contribution in [3.05, 3.63) is 53.3 Å². The molecule has 0 fully saturated rings. The lowest BCUT2D eigenvalue weighted by atomic mass is 9.98. The number of aliphatic hydroxyl groups is 1. The first-order chi connectivity index (χ1) is 8.08. The van der Waals surface area contributed by atoms with Crippen LogP contribution in [0.15, 0.2) is 47.8 Å². The van der Waals surface area contributed by atoms with E-state index in [-0.39, 0.29) is 17.3 Å². The zero-order chi connectivity index (χ0) is 12.4. The van der Waals surface area contributed by atoms with E-state index in [0.717, 1.165) is 0 Å². The van der Waals surface area contributed by atoms with Gasteiger partial charge in [0, 0.05) is 5.56 Å². The van der Waals surface area contributed by atoms with E-state index >= 15 is 0 Å². The number of hydrogen-bond acceptors (Lipinski definition) is 4. The van der Waals surface area contributed by atoms with Gasteiger partial charge >= 0.3 is 0 Å². The molecule has 1 unspecified atom stereocenters. The molecule has 0 aliphatic heterocycles. The Kier molecular flexibility index (Phi) is 2.89. The van der Waals surface area contributed by atoms with Crippen LogP contribution in [0.4, 0.5) is 0 Å². The molecule has 0 spiro atoms. The molecule has 1 atom stereocenters. The molecule has 0 aromatic heterocycles. The molecule has 1 aliphatic rings. The quantitative estimate of drug-likeness (QED) is 0.555. The summed E-state index contributed by atoms with van der Waals surface area (Å²) in [7, 11) is 0. The van der Waals surface area contributed by atoms with Crippen molar-refractivity contribution in [1.82, 2.24) is 0 Å². The van der Waals surface area contributed by atoms with Gasteiger partial charge in [-0.15, -0.1) is 0 Å². The van der Waals surface area contributed by atoms with Crippen molar-refractivity contribution in [2.45, 2.75) is 6.04 Å². The van der Waals surface area contributed by atoms with Gasteiger partial charge in [-0.25, -0.2) is 0 Å². The minimum absolute atomic E-state index is 0.0462. The minimum atomic E-state index is -0.609. The molecular formula is C13H13NO3. The maximum atomic E-state index is 9.62. The predicted octanol–water partition coefficient (Wildman–Crippen LogP) is 1.82. The second-order valence-corrected chi connectivity index (χ2v) is 3.82. The van der Waals surface area contributed by atoms with Crippen LogP contribution in [0.3, 0.4) is 0 Å². The molecule has 0 saturated carbocycles. The van der Waals surface area contributed by atoms with Gasteiger partial charge in [-0.1, -0.05) is 12.2 Å². The molecular weight excluding hydrogens is 218 g/mol. The first-order valence-electron chi connectivity index (χ1n) is 5.14. The average Bonchev–Trinajstić information content (AvgIpc) is 2.30. The van der Waals surface area contributed by atoms with Crippen LogP contribution in [0.2, 0.25) is 0 Å². The van der Waals surface area contributed by atoms with Crippen LogP contribution in [0.5, 0.6) is 11.5 Å². The van der Waals surface area contributed by atoms with E-state index in [4.69, 9.17) is 5.73 Å². The Bertz CT molecular complexity index is 529. The molecule has 1 aromatic rings. The summed E-state index contributed by atoms with van der Waals surface area (Å²) in [5, 5.41) is 28.4. The van der Waals surface area contributed by atoms with E-state index in [1.807, 2.05) is 0 Å². The Balaban J connectivity index is 2.40. The van der Waals surface area contributed by atoms with Crippen molar-refractivity contribution in [2.24, 2.45) is 5.73 Å². The molecule has 4 nitrogen and oxygen atoms in total. The number of rotatable bonds is 1. The smallest absolute Gasteiger partial charge is 0.123 e. The molecule has 17 heavy (non-hydrogen) atoms. The predicted molar refractivity (Wildman–Crippen MR) is 65.6 cm³/mol. The highest BCUT2D eigenvalue weighted by molar-refractivity contribution is 5.65. The van der Waals surface area contributed by atoms with Crippen LogP contribution in [-0.2, 0) is 0 Å². The topological polar surface area (TPSA) is 86.7 Å². The van der Waals surface area contributed by atoms with Crippen molar-refractivity contribution in [1.29, 1.82) is 0 Å². The van der Waals surface area contributed by atoms with Gasteiger partial charge in [-0.2, -0.15) is 0 Å². The number of phenols is 2. The molecule has 1 aromatic carbocycles. The normalized spacial score (nSPS) is 21.6. The van der Waals surface area contributed by atoms with E-state index < -0.39 is 6.04 Å². The van der Waals surface area contributed by atoms with Gasteiger partial charge in [0.15, 0.2) is 0 Å². The van der Waals surface area contributed by atoms with Crippen LogP contribution >= 0.6 is 0 Å². The van der Waals surface area contributed by atoms with Crippen molar-refractivity contribution >= 4 is 6.08 Å². The molecule has 0 radical (unpaired) electrons. The monoisotopic (exact) mass is 231 g/mol. The van der Waals surface area contributed by atoms with E-state index in [1.165, 1.54) is 24.3 Å². The summed E-state index contributed by atoms with van der Waals surface area (Å²) >= 11 is 0.